The van der Waals surface area contributed by atoms with E-state index in [1.54, 1.807) is 23.6 Å². The Bertz CT molecular complexity index is 1180. The van der Waals surface area contributed by atoms with Gasteiger partial charge in [-0.15, -0.1) is 0 Å². The molecule has 0 aromatic heterocycles. The van der Waals surface area contributed by atoms with Gasteiger partial charge >= 0.3 is 15.2 Å². The predicted molar refractivity (Wildman–Crippen MR) is 177 cm³/mol. The molecule has 0 saturated carbocycles. The summed E-state index contributed by atoms with van der Waals surface area (Å²) in [6.45, 7) is 5.60. The fraction of sp³-hybridized carbons (Fsp3) is 0.562. The number of hydrogen-bond donors (Lipinski definition) is 2. The van der Waals surface area contributed by atoms with Crippen LogP contribution in [0.1, 0.15) is 76.3 Å². The first-order valence-electron chi connectivity index (χ1n) is 15.7. The number of hydrogen-bond acceptors (Lipinski definition) is 6. The van der Waals surface area contributed by atoms with Crippen molar-refractivity contribution in [3.8, 4) is 0 Å². The maximum absolute atomic E-state index is 12.7. The Kier molecular flexibility index (Phi) is 17.8. The van der Waals surface area contributed by atoms with Crippen LogP contribution in [-0.4, -0.2) is 61.2 Å². The number of carbonyl (C=O) groups excluding carboxylic acids is 2. The van der Waals surface area contributed by atoms with Crippen LogP contribution in [0.4, 0.5) is 11.4 Å². The van der Waals surface area contributed by atoms with E-state index in [2.05, 4.69) is 0 Å². The molecule has 0 aliphatic carbocycles. The Hall–Kier alpha value is -2.32. The maximum Gasteiger partial charge on any atom is 0.330 e. The molecule has 2 aromatic carbocycles. The molecular formula is C32H50N2O8P2. The smallest absolute Gasteiger partial charge is 0.324 e. The van der Waals surface area contributed by atoms with Crippen LogP contribution in [0.3, 0.4) is 0 Å². The van der Waals surface area contributed by atoms with E-state index in [0.717, 1.165) is 86.7 Å². The van der Waals surface area contributed by atoms with Crippen LogP contribution < -0.4 is 9.80 Å². The largest absolute Gasteiger partial charge is 0.330 e. The number of unbranched alkanes of at least 4 members (excludes halogenated alkanes) is 7. The molecule has 0 aliphatic rings. The molecule has 0 saturated heterocycles. The summed E-state index contributed by atoms with van der Waals surface area (Å²) in [5.41, 5.74) is 3.48. The first-order chi connectivity index (χ1) is 21.1. The first-order valence-corrected chi connectivity index (χ1v) is 19.2. The SMILES string of the molecule is CCOP(=O)(CCc1ccc(N(C=O)CCCCCCCCCCN(C=O)c2ccc(CCP(=O)(O)O)cc2)cc1)OCC. The third-order valence-corrected chi connectivity index (χ3v) is 10.2. The summed E-state index contributed by atoms with van der Waals surface area (Å²) in [6, 6.07) is 15.0. The molecule has 2 aromatic rings. The van der Waals surface area contributed by atoms with Gasteiger partial charge in [0.2, 0.25) is 12.8 Å². The lowest BCUT2D eigenvalue weighted by Gasteiger charge is -2.19. The van der Waals surface area contributed by atoms with Gasteiger partial charge in [0.25, 0.3) is 0 Å². The quantitative estimate of drug-likeness (QED) is 0.0668. The Balaban J connectivity index is 1.59. The summed E-state index contributed by atoms with van der Waals surface area (Å²) in [5.74, 6) is 0. The van der Waals surface area contributed by atoms with Crippen LogP contribution in [0.15, 0.2) is 48.5 Å². The van der Waals surface area contributed by atoms with Gasteiger partial charge in [-0.3, -0.25) is 18.7 Å². The lowest BCUT2D eigenvalue weighted by Crippen LogP contribution is -2.22. The highest BCUT2D eigenvalue weighted by Crippen LogP contribution is 2.48. The van der Waals surface area contributed by atoms with Crippen molar-refractivity contribution in [3.63, 3.8) is 0 Å². The second-order valence-electron chi connectivity index (χ2n) is 10.8. The van der Waals surface area contributed by atoms with Crippen molar-refractivity contribution in [2.24, 2.45) is 0 Å². The Morgan fingerprint density at radius 2 is 0.977 bits per heavy atom. The van der Waals surface area contributed by atoms with Gasteiger partial charge in [0.15, 0.2) is 0 Å². The molecule has 2 N–H and O–H groups in total. The van der Waals surface area contributed by atoms with Crippen molar-refractivity contribution in [1.82, 2.24) is 0 Å². The molecule has 0 unspecified atom stereocenters. The molecule has 0 aliphatic heterocycles. The van der Waals surface area contributed by atoms with Crippen LogP contribution in [0.5, 0.6) is 0 Å². The second-order valence-corrected chi connectivity index (χ2v) is 14.8. The third-order valence-electron chi connectivity index (χ3n) is 7.36. The fourth-order valence-corrected chi connectivity index (χ4v) is 7.12. The summed E-state index contributed by atoms with van der Waals surface area (Å²) in [4.78, 5) is 44.7. The molecule has 2 amide bonds. The zero-order valence-electron chi connectivity index (χ0n) is 26.2. The van der Waals surface area contributed by atoms with E-state index < -0.39 is 15.2 Å². The molecule has 0 radical (unpaired) electrons. The second kappa shape index (κ2) is 20.7. The van der Waals surface area contributed by atoms with Gasteiger partial charge in [-0.1, -0.05) is 62.8 Å². The molecule has 0 bridgehead atoms. The van der Waals surface area contributed by atoms with E-state index in [9.17, 15) is 18.7 Å². The zero-order valence-corrected chi connectivity index (χ0v) is 28.0. The van der Waals surface area contributed by atoms with Crippen LogP contribution in [0, 0.1) is 0 Å². The first kappa shape index (κ1) is 37.9. The van der Waals surface area contributed by atoms with Gasteiger partial charge in [0.1, 0.15) is 0 Å². The Morgan fingerprint density at radius 3 is 1.32 bits per heavy atom. The molecule has 0 atom stereocenters. The third kappa shape index (κ3) is 15.1. The van der Waals surface area contributed by atoms with Crippen LogP contribution in [-0.2, 0) is 40.6 Å². The van der Waals surface area contributed by atoms with Crippen LogP contribution >= 0.6 is 15.2 Å². The minimum Gasteiger partial charge on any atom is -0.324 e. The van der Waals surface area contributed by atoms with Gasteiger partial charge in [-0.25, -0.2) is 0 Å². The van der Waals surface area contributed by atoms with Crippen LogP contribution in [0.25, 0.3) is 0 Å². The monoisotopic (exact) mass is 652 g/mol. The molecule has 12 heteroatoms. The summed E-state index contributed by atoms with van der Waals surface area (Å²) in [5, 5.41) is 0. The molecule has 2 rings (SSSR count). The molecule has 0 fully saturated rings. The maximum atomic E-state index is 12.7. The number of rotatable bonds is 25. The number of nitrogens with zero attached hydrogens (tertiary/aromatic N) is 2. The number of aryl methyl sites for hydroxylation is 2. The van der Waals surface area contributed by atoms with E-state index >= 15 is 0 Å². The lowest BCUT2D eigenvalue weighted by molar-refractivity contribution is -0.108. The standard InChI is InChI=1S/C32H50N2O8P2/c1-3-41-44(40,42-4-2)26-22-30-15-19-32(20-16-30)34(28-36)24-12-10-8-6-5-7-9-11-23-33(27-35)31-17-13-29(14-18-31)21-25-43(37,38)39/h13-20,27-28H,3-12,21-26H2,1-2H3,(H2,37,38,39). The summed E-state index contributed by atoms with van der Waals surface area (Å²) >= 11 is 0. The molecule has 0 spiro atoms. The normalized spacial score (nSPS) is 11.8. The number of anilines is 2. The van der Waals surface area contributed by atoms with Crippen molar-refractivity contribution in [1.29, 1.82) is 0 Å². The minimum atomic E-state index is -4.02. The van der Waals surface area contributed by atoms with E-state index in [1.165, 1.54) is 0 Å². The van der Waals surface area contributed by atoms with Crippen molar-refractivity contribution in [3.05, 3.63) is 59.7 Å². The van der Waals surface area contributed by atoms with E-state index in [1.807, 2.05) is 48.5 Å². The molecule has 246 valence electrons. The summed E-state index contributed by atoms with van der Waals surface area (Å²) in [7, 11) is -7.10. The van der Waals surface area contributed by atoms with Crippen molar-refractivity contribution in [2.75, 3.05) is 48.4 Å². The number of benzene rings is 2. The number of amides is 2. The van der Waals surface area contributed by atoms with Gasteiger partial charge < -0.3 is 28.6 Å². The Morgan fingerprint density at radius 1 is 0.614 bits per heavy atom. The zero-order chi connectivity index (χ0) is 32.3. The van der Waals surface area contributed by atoms with Gasteiger partial charge in [0.05, 0.1) is 25.5 Å². The van der Waals surface area contributed by atoms with E-state index in [4.69, 9.17) is 18.8 Å². The average molecular weight is 653 g/mol. The van der Waals surface area contributed by atoms with E-state index in [-0.39, 0.29) is 6.16 Å². The lowest BCUT2D eigenvalue weighted by atomic mass is 10.1. The highest BCUT2D eigenvalue weighted by Gasteiger charge is 2.23. The van der Waals surface area contributed by atoms with Crippen molar-refractivity contribution in [2.45, 2.75) is 78.1 Å². The highest BCUT2D eigenvalue weighted by molar-refractivity contribution is 7.53. The predicted octanol–water partition coefficient (Wildman–Crippen LogP) is 6.96. The van der Waals surface area contributed by atoms with Crippen molar-refractivity contribution >= 4 is 39.4 Å². The van der Waals surface area contributed by atoms with Gasteiger partial charge in [-0.05, 0) is 74.9 Å². The minimum absolute atomic E-state index is 0.186. The van der Waals surface area contributed by atoms with Crippen LogP contribution in [0.2, 0.25) is 0 Å². The Labute approximate surface area is 262 Å². The van der Waals surface area contributed by atoms with Gasteiger partial charge in [0, 0.05) is 24.5 Å². The summed E-state index contributed by atoms with van der Waals surface area (Å²) in [6.07, 6.45) is 11.1. The fourth-order valence-electron chi connectivity index (χ4n) is 4.92. The molecule has 44 heavy (non-hydrogen) atoms. The van der Waals surface area contributed by atoms with Gasteiger partial charge in [-0.2, -0.15) is 0 Å². The molecular weight excluding hydrogens is 602 g/mol. The summed E-state index contributed by atoms with van der Waals surface area (Å²) < 4.78 is 34.4. The van der Waals surface area contributed by atoms with E-state index in [0.29, 0.717) is 45.3 Å². The highest BCUT2D eigenvalue weighted by atomic mass is 31.2. The number of carbonyl (C=O) groups is 2. The van der Waals surface area contributed by atoms with Crippen molar-refractivity contribution < 1.29 is 37.6 Å². The molecule has 0 heterocycles. The molecule has 10 nitrogen and oxygen atoms in total. The average Bonchev–Trinajstić information content (AvgIpc) is 3.00. The topological polar surface area (TPSA) is 134 Å².